The Labute approximate surface area is 140 Å². The molecule has 0 aliphatic carbocycles. The molecule has 3 aromatic heterocycles. The summed E-state index contributed by atoms with van der Waals surface area (Å²) in [5.41, 5.74) is 3.26. The fourth-order valence-corrected chi connectivity index (χ4v) is 4.09. The maximum Gasteiger partial charge on any atom is 0.220 e. The molecule has 0 bridgehead atoms. The highest BCUT2D eigenvalue weighted by molar-refractivity contribution is 7.99. The van der Waals surface area contributed by atoms with E-state index in [4.69, 9.17) is 0 Å². The lowest BCUT2D eigenvalue weighted by Gasteiger charge is -2.10. The molecule has 0 amide bonds. The molecule has 4 aromatic rings. The van der Waals surface area contributed by atoms with Gasteiger partial charge in [0.05, 0.1) is 5.69 Å². The van der Waals surface area contributed by atoms with Crippen LogP contribution in [-0.2, 0) is 0 Å². The molecule has 0 radical (unpaired) electrons. The fourth-order valence-electron chi connectivity index (χ4n) is 2.46. The molecular weight excluding hydrogens is 328 g/mol. The van der Waals surface area contributed by atoms with Gasteiger partial charge in [0.1, 0.15) is 16.2 Å². The largest absolute Gasteiger partial charge is 0.229 e. The number of nitrogens with zero attached hydrogens (tertiary/aromatic N) is 6. The number of para-hydroxylation sites is 1. The molecular formula is C15H12N6S2. The van der Waals surface area contributed by atoms with Crippen molar-refractivity contribution in [3.63, 3.8) is 0 Å². The fraction of sp³-hybridized carbons (Fsp3) is 0.133. The van der Waals surface area contributed by atoms with Crippen molar-refractivity contribution < 1.29 is 0 Å². The van der Waals surface area contributed by atoms with Crippen molar-refractivity contribution in [2.75, 3.05) is 0 Å². The molecule has 114 valence electrons. The third kappa shape index (κ3) is 2.49. The van der Waals surface area contributed by atoms with Gasteiger partial charge in [-0.15, -0.1) is 16.4 Å². The van der Waals surface area contributed by atoms with Gasteiger partial charge in [-0.2, -0.15) is 4.68 Å². The molecule has 0 saturated heterocycles. The summed E-state index contributed by atoms with van der Waals surface area (Å²) in [5, 5.41) is 16.8. The van der Waals surface area contributed by atoms with E-state index in [1.165, 1.54) is 11.8 Å². The summed E-state index contributed by atoms with van der Waals surface area (Å²) in [7, 11) is 0. The van der Waals surface area contributed by atoms with Crippen LogP contribution in [0.5, 0.6) is 0 Å². The van der Waals surface area contributed by atoms with Crippen LogP contribution in [-0.4, -0.2) is 30.2 Å². The van der Waals surface area contributed by atoms with E-state index in [9.17, 15) is 0 Å². The van der Waals surface area contributed by atoms with Gasteiger partial charge in [0.15, 0.2) is 0 Å². The maximum absolute atomic E-state index is 4.38. The van der Waals surface area contributed by atoms with Gasteiger partial charge in [-0.25, -0.2) is 9.97 Å². The minimum atomic E-state index is 0.689. The number of rotatable bonds is 3. The predicted molar refractivity (Wildman–Crippen MR) is 90.2 cm³/mol. The molecule has 0 atom stereocenters. The number of hydrogen-bond acceptors (Lipinski definition) is 7. The van der Waals surface area contributed by atoms with E-state index < -0.39 is 0 Å². The van der Waals surface area contributed by atoms with Crippen LogP contribution in [0.15, 0.2) is 46.2 Å². The van der Waals surface area contributed by atoms with Crippen LogP contribution in [0, 0.1) is 13.8 Å². The summed E-state index contributed by atoms with van der Waals surface area (Å²) >= 11 is 3.05. The summed E-state index contributed by atoms with van der Waals surface area (Å²) in [6, 6.07) is 8.17. The summed E-state index contributed by atoms with van der Waals surface area (Å²) in [6.45, 7) is 4.11. The number of aromatic nitrogens is 6. The van der Waals surface area contributed by atoms with E-state index in [1.54, 1.807) is 22.3 Å². The van der Waals surface area contributed by atoms with Crippen molar-refractivity contribution in [3.05, 3.63) is 47.1 Å². The van der Waals surface area contributed by atoms with E-state index in [1.807, 2.05) is 17.5 Å². The standard InChI is InChI=1S/C15H12N6S2/c1-9-4-3-5-10(2)12(9)21-15(18-19-20-21)23-14-11-6-7-22-13(11)16-8-17-14/h3-8H,1-2H3. The highest BCUT2D eigenvalue weighted by Crippen LogP contribution is 2.33. The SMILES string of the molecule is Cc1cccc(C)c1-n1nnnc1Sc1ncnc2sccc12. The van der Waals surface area contributed by atoms with Crippen LogP contribution in [0.2, 0.25) is 0 Å². The quantitative estimate of drug-likeness (QED) is 0.532. The average Bonchev–Trinajstić information content (AvgIpc) is 3.17. The molecule has 0 aliphatic rings. The van der Waals surface area contributed by atoms with Crippen molar-refractivity contribution >= 4 is 33.3 Å². The van der Waals surface area contributed by atoms with Crippen molar-refractivity contribution in [2.24, 2.45) is 0 Å². The van der Waals surface area contributed by atoms with Crippen molar-refractivity contribution in [1.82, 2.24) is 30.2 Å². The van der Waals surface area contributed by atoms with E-state index >= 15 is 0 Å². The van der Waals surface area contributed by atoms with Gasteiger partial charge >= 0.3 is 0 Å². The first-order chi connectivity index (χ1) is 11.2. The summed E-state index contributed by atoms with van der Waals surface area (Å²) in [6.07, 6.45) is 1.58. The third-order valence-corrected chi connectivity index (χ3v) is 5.28. The Morgan fingerprint density at radius 2 is 1.91 bits per heavy atom. The molecule has 23 heavy (non-hydrogen) atoms. The second-order valence-corrected chi connectivity index (χ2v) is 6.88. The maximum atomic E-state index is 4.38. The van der Waals surface area contributed by atoms with E-state index in [-0.39, 0.29) is 0 Å². The first kappa shape index (κ1) is 14.3. The Bertz CT molecular complexity index is 970. The van der Waals surface area contributed by atoms with Crippen molar-refractivity contribution in [2.45, 2.75) is 24.0 Å². The minimum Gasteiger partial charge on any atom is -0.229 e. The van der Waals surface area contributed by atoms with Gasteiger partial charge < -0.3 is 0 Å². The second kappa shape index (κ2) is 5.71. The van der Waals surface area contributed by atoms with Gasteiger partial charge in [0.25, 0.3) is 0 Å². The molecule has 4 rings (SSSR count). The zero-order valence-electron chi connectivity index (χ0n) is 12.5. The zero-order chi connectivity index (χ0) is 15.8. The number of hydrogen-bond donors (Lipinski definition) is 0. The van der Waals surface area contributed by atoms with Crippen LogP contribution in [0.25, 0.3) is 15.9 Å². The number of thiophene rings is 1. The van der Waals surface area contributed by atoms with Crippen LogP contribution in [0.4, 0.5) is 0 Å². The first-order valence-corrected chi connectivity index (χ1v) is 8.64. The molecule has 0 fully saturated rings. The second-order valence-electron chi connectivity index (χ2n) is 5.03. The molecule has 0 spiro atoms. The van der Waals surface area contributed by atoms with Crippen LogP contribution >= 0.6 is 23.1 Å². The number of aryl methyl sites for hydroxylation is 2. The molecule has 3 heterocycles. The normalized spacial score (nSPS) is 11.2. The number of fused-ring (bicyclic) bond motifs is 1. The molecule has 0 saturated carbocycles. The highest BCUT2D eigenvalue weighted by atomic mass is 32.2. The Balaban J connectivity index is 1.81. The van der Waals surface area contributed by atoms with Crippen LogP contribution < -0.4 is 0 Å². The Hall–Kier alpha value is -2.32. The smallest absolute Gasteiger partial charge is 0.220 e. The van der Waals surface area contributed by atoms with Gasteiger partial charge in [-0.3, -0.25) is 0 Å². The van der Waals surface area contributed by atoms with Gasteiger partial charge in [0, 0.05) is 5.39 Å². The van der Waals surface area contributed by atoms with Crippen molar-refractivity contribution in [3.8, 4) is 5.69 Å². The minimum absolute atomic E-state index is 0.689. The Morgan fingerprint density at radius 1 is 1.09 bits per heavy atom. The molecule has 1 aromatic carbocycles. The van der Waals surface area contributed by atoms with E-state index in [0.29, 0.717) is 5.16 Å². The van der Waals surface area contributed by atoms with Crippen molar-refractivity contribution in [1.29, 1.82) is 0 Å². The van der Waals surface area contributed by atoms with Crippen LogP contribution in [0.3, 0.4) is 0 Å². The van der Waals surface area contributed by atoms with Crippen LogP contribution in [0.1, 0.15) is 11.1 Å². The van der Waals surface area contributed by atoms with Gasteiger partial charge in [-0.05, 0) is 58.6 Å². The summed E-state index contributed by atoms with van der Waals surface area (Å²) in [5.74, 6) is 0. The zero-order valence-corrected chi connectivity index (χ0v) is 14.1. The lowest BCUT2D eigenvalue weighted by molar-refractivity contribution is 0.747. The van der Waals surface area contributed by atoms with Gasteiger partial charge in [-0.1, -0.05) is 18.2 Å². The van der Waals surface area contributed by atoms with E-state index in [0.717, 1.165) is 32.1 Å². The van der Waals surface area contributed by atoms with E-state index in [2.05, 4.69) is 51.5 Å². The molecule has 0 unspecified atom stereocenters. The third-order valence-electron chi connectivity index (χ3n) is 3.51. The monoisotopic (exact) mass is 340 g/mol. The topological polar surface area (TPSA) is 69.4 Å². The molecule has 8 heteroatoms. The molecule has 6 nitrogen and oxygen atoms in total. The Morgan fingerprint density at radius 3 is 2.74 bits per heavy atom. The number of benzene rings is 1. The first-order valence-electron chi connectivity index (χ1n) is 6.95. The highest BCUT2D eigenvalue weighted by Gasteiger charge is 2.16. The molecule has 0 aliphatic heterocycles. The summed E-state index contributed by atoms with van der Waals surface area (Å²) in [4.78, 5) is 9.63. The van der Waals surface area contributed by atoms with Gasteiger partial charge in [0.2, 0.25) is 5.16 Å². The lowest BCUT2D eigenvalue weighted by atomic mass is 10.1. The Kier molecular flexibility index (Phi) is 3.55. The average molecular weight is 340 g/mol. The summed E-state index contributed by atoms with van der Waals surface area (Å²) < 4.78 is 1.77. The predicted octanol–water partition coefficient (Wildman–Crippen LogP) is 3.44. The molecule has 0 N–H and O–H groups in total. The number of tetrazole rings is 1. The lowest BCUT2D eigenvalue weighted by Crippen LogP contribution is -2.04.